The van der Waals surface area contributed by atoms with Crippen molar-refractivity contribution in [3.63, 3.8) is 0 Å². The summed E-state index contributed by atoms with van der Waals surface area (Å²) in [5.74, 6) is -1.56. The van der Waals surface area contributed by atoms with Gasteiger partial charge in [0.1, 0.15) is 29.9 Å². The van der Waals surface area contributed by atoms with E-state index in [0.717, 1.165) is 12.1 Å². The molecule has 0 radical (unpaired) electrons. The summed E-state index contributed by atoms with van der Waals surface area (Å²) in [5, 5.41) is 27.1. The summed E-state index contributed by atoms with van der Waals surface area (Å²) in [7, 11) is 0. The zero-order valence-electron chi connectivity index (χ0n) is 18.1. The molecule has 2 heterocycles. The van der Waals surface area contributed by atoms with Crippen molar-refractivity contribution in [1.82, 2.24) is 24.6 Å². The van der Waals surface area contributed by atoms with E-state index in [9.17, 15) is 24.0 Å². The number of nitrogens with zero attached hydrogens (tertiary/aromatic N) is 6. The number of nitro groups is 1. The van der Waals surface area contributed by atoms with Gasteiger partial charge in [0.2, 0.25) is 0 Å². The molecule has 1 aliphatic heterocycles. The second-order valence-electron chi connectivity index (χ2n) is 8.33. The number of halogens is 3. The lowest BCUT2D eigenvalue weighted by Gasteiger charge is -2.39. The number of aliphatic hydroxyl groups is 1. The summed E-state index contributed by atoms with van der Waals surface area (Å²) in [6, 6.07) is 7.49. The molecule has 1 fully saturated rings. The molecule has 0 amide bonds. The highest BCUT2D eigenvalue weighted by molar-refractivity contribution is 6.31. The maximum absolute atomic E-state index is 14.6. The molecule has 12 heteroatoms. The maximum atomic E-state index is 14.6. The molecule has 0 bridgehead atoms. The van der Waals surface area contributed by atoms with Gasteiger partial charge in [-0.05, 0) is 17.7 Å². The maximum Gasteiger partial charge on any atom is 0.269 e. The van der Waals surface area contributed by atoms with Gasteiger partial charge in [0.25, 0.3) is 5.69 Å². The molecule has 1 unspecified atom stereocenters. The number of hydrogen-bond acceptors (Lipinski definition) is 7. The van der Waals surface area contributed by atoms with Crippen LogP contribution in [0.5, 0.6) is 0 Å². The summed E-state index contributed by atoms with van der Waals surface area (Å²) >= 11 is 6.23. The first-order chi connectivity index (χ1) is 16.2. The largest absolute Gasteiger partial charge is 0.382 e. The molecule has 9 nitrogen and oxygen atoms in total. The molecular formula is C22H23ClF2N6O3. The molecule has 34 heavy (non-hydrogen) atoms. The standard InChI is InChI=1S/C22H23ClF2N6O3/c23-20-4-2-18(31(33)34)9-16(20)11-28-5-7-29(8-6-28)12-22(32,13-30-15-26-14-27-30)19-3-1-17(24)10-21(19)25/h1-4,9-10,14-15,32H,5-8,11-13H2. The minimum Gasteiger partial charge on any atom is -0.382 e. The molecule has 0 aliphatic carbocycles. The fraction of sp³-hybridized carbons (Fsp3) is 0.364. The molecule has 1 aromatic heterocycles. The van der Waals surface area contributed by atoms with Gasteiger partial charge >= 0.3 is 0 Å². The van der Waals surface area contributed by atoms with Crippen molar-refractivity contribution in [2.24, 2.45) is 0 Å². The lowest BCUT2D eigenvalue weighted by Crippen LogP contribution is -2.52. The highest BCUT2D eigenvalue weighted by Crippen LogP contribution is 2.29. The number of nitro benzene ring substituents is 1. The average molecular weight is 493 g/mol. The first-order valence-corrected chi connectivity index (χ1v) is 11.0. The molecule has 3 aromatic rings. The minimum absolute atomic E-state index is 0.0162. The summed E-state index contributed by atoms with van der Waals surface area (Å²) < 4.78 is 29.5. The van der Waals surface area contributed by atoms with Gasteiger partial charge in [-0.3, -0.25) is 19.9 Å². The van der Waals surface area contributed by atoms with Crippen LogP contribution in [-0.4, -0.2) is 67.3 Å². The number of hydrogen-bond donors (Lipinski definition) is 1. The summed E-state index contributed by atoms with van der Waals surface area (Å²) in [4.78, 5) is 18.6. The van der Waals surface area contributed by atoms with Gasteiger partial charge in [-0.15, -0.1) is 0 Å². The highest BCUT2D eigenvalue weighted by Gasteiger charge is 2.36. The highest BCUT2D eigenvalue weighted by atomic mass is 35.5. The van der Waals surface area contributed by atoms with E-state index in [2.05, 4.69) is 15.0 Å². The Kier molecular flexibility index (Phi) is 7.17. The molecule has 0 saturated carbocycles. The van der Waals surface area contributed by atoms with E-state index in [-0.39, 0.29) is 24.3 Å². The van der Waals surface area contributed by atoms with Crippen LogP contribution in [0.4, 0.5) is 14.5 Å². The van der Waals surface area contributed by atoms with Crippen molar-refractivity contribution < 1.29 is 18.8 Å². The molecule has 4 rings (SSSR count). The number of β-amino-alcohol motifs (C(OH)–C–C–N with tert-alkyl or cyclic N) is 1. The topological polar surface area (TPSA) is 101 Å². The number of non-ortho nitro benzene ring substituents is 1. The van der Waals surface area contributed by atoms with Crippen molar-refractivity contribution >= 4 is 17.3 Å². The Bertz CT molecular complexity index is 1160. The smallest absolute Gasteiger partial charge is 0.269 e. The van der Waals surface area contributed by atoms with Gasteiger partial charge in [0.05, 0.1) is 11.5 Å². The van der Waals surface area contributed by atoms with E-state index in [0.29, 0.717) is 43.3 Å². The molecule has 180 valence electrons. The molecule has 2 aromatic carbocycles. The second-order valence-corrected chi connectivity index (χ2v) is 8.74. The Morgan fingerprint density at radius 2 is 1.82 bits per heavy atom. The van der Waals surface area contributed by atoms with Crippen LogP contribution in [0.15, 0.2) is 49.1 Å². The summed E-state index contributed by atoms with van der Waals surface area (Å²) in [6.45, 7) is 2.85. The summed E-state index contributed by atoms with van der Waals surface area (Å²) in [5.41, 5.74) is -1.04. The van der Waals surface area contributed by atoms with Crippen LogP contribution in [0.1, 0.15) is 11.1 Å². The van der Waals surface area contributed by atoms with Crippen LogP contribution < -0.4 is 0 Å². The second kappa shape index (κ2) is 10.1. The van der Waals surface area contributed by atoms with E-state index in [4.69, 9.17) is 11.6 Å². The van der Waals surface area contributed by atoms with Crippen LogP contribution in [0, 0.1) is 21.7 Å². The average Bonchev–Trinajstić information content (AvgIpc) is 3.29. The zero-order valence-corrected chi connectivity index (χ0v) is 18.9. The van der Waals surface area contributed by atoms with Crippen molar-refractivity contribution in [2.75, 3.05) is 32.7 Å². The zero-order chi connectivity index (χ0) is 24.3. The monoisotopic (exact) mass is 492 g/mol. The Labute approximate surface area is 199 Å². The lowest BCUT2D eigenvalue weighted by atomic mass is 9.92. The Morgan fingerprint density at radius 1 is 1.09 bits per heavy atom. The third-order valence-corrected chi connectivity index (χ3v) is 6.28. The van der Waals surface area contributed by atoms with Crippen LogP contribution in [0.3, 0.4) is 0 Å². The quantitative estimate of drug-likeness (QED) is 0.381. The van der Waals surface area contributed by atoms with Gasteiger partial charge in [-0.1, -0.05) is 17.7 Å². The Balaban J connectivity index is 1.45. The van der Waals surface area contributed by atoms with Crippen molar-refractivity contribution in [1.29, 1.82) is 0 Å². The number of aromatic nitrogens is 3. The molecule has 0 spiro atoms. The van der Waals surface area contributed by atoms with Gasteiger partial charge < -0.3 is 5.11 Å². The van der Waals surface area contributed by atoms with E-state index in [1.54, 1.807) is 0 Å². The van der Waals surface area contributed by atoms with Crippen LogP contribution >= 0.6 is 11.6 Å². The lowest BCUT2D eigenvalue weighted by molar-refractivity contribution is -0.384. The van der Waals surface area contributed by atoms with Crippen molar-refractivity contribution in [3.05, 3.63) is 87.0 Å². The molecule has 1 saturated heterocycles. The van der Waals surface area contributed by atoms with Crippen LogP contribution in [-0.2, 0) is 18.7 Å². The third kappa shape index (κ3) is 5.55. The Morgan fingerprint density at radius 3 is 2.47 bits per heavy atom. The van der Waals surface area contributed by atoms with Crippen molar-refractivity contribution in [3.8, 4) is 0 Å². The van der Waals surface area contributed by atoms with E-state index in [1.165, 1.54) is 41.6 Å². The number of piperazine rings is 1. The van der Waals surface area contributed by atoms with Crippen LogP contribution in [0.25, 0.3) is 0 Å². The van der Waals surface area contributed by atoms with Gasteiger partial charge in [-0.25, -0.2) is 18.4 Å². The van der Waals surface area contributed by atoms with Gasteiger partial charge in [0.15, 0.2) is 0 Å². The van der Waals surface area contributed by atoms with E-state index < -0.39 is 22.2 Å². The first kappa shape index (κ1) is 24.1. The van der Waals surface area contributed by atoms with E-state index >= 15 is 0 Å². The first-order valence-electron chi connectivity index (χ1n) is 10.6. The predicted octanol–water partition coefficient (Wildman–Crippen LogP) is 2.82. The van der Waals surface area contributed by atoms with E-state index in [1.807, 2.05) is 4.90 Å². The molecule has 1 N–H and O–H groups in total. The normalized spacial score (nSPS) is 16.9. The molecular weight excluding hydrogens is 470 g/mol. The summed E-state index contributed by atoms with van der Waals surface area (Å²) in [6.07, 6.45) is 2.74. The molecule has 1 atom stereocenters. The van der Waals surface area contributed by atoms with Crippen LogP contribution in [0.2, 0.25) is 5.02 Å². The van der Waals surface area contributed by atoms with Crippen molar-refractivity contribution in [2.45, 2.75) is 18.7 Å². The predicted molar refractivity (Wildman–Crippen MR) is 120 cm³/mol. The third-order valence-electron chi connectivity index (χ3n) is 5.91. The fourth-order valence-corrected chi connectivity index (χ4v) is 4.36. The number of rotatable bonds is 8. The Hall–Kier alpha value is -2.99. The fourth-order valence-electron chi connectivity index (χ4n) is 4.18. The number of benzene rings is 2. The molecule has 1 aliphatic rings. The minimum atomic E-state index is -1.67. The SMILES string of the molecule is O=[N+]([O-])c1ccc(Cl)c(CN2CCN(CC(O)(Cn3cncn3)c3ccc(F)cc3F)CC2)c1. The van der Waals surface area contributed by atoms with Gasteiger partial charge in [-0.2, -0.15) is 5.10 Å². The van der Waals surface area contributed by atoms with Gasteiger partial charge in [0, 0.05) is 68.1 Å².